The molecule has 0 bridgehead atoms. The van der Waals surface area contributed by atoms with E-state index in [0.717, 1.165) is 40.2 Å². The second-order valence-electron chi connectivity index (χ2n) is 7.71. The smallest absolute Gasteiger partial charge is 0.203 e. The number of benzene rings is 2. The first-order valence-corrected chi connectivity index (χ1v) is 11.4. The Bertz CT molecular complexity index is 957. The van der Waals surface area contributed by atoms with Gasteiger partial charge in [-0.25, -0.2) is 4.98 Å². The monoisotopic (exact) mass is 420 g/mol. The first-order valence-electron chi connectivity index (χ1n) is 10.5. The number of rotatable bonds is 8. The van der Waals surface area contributed by atoms with Crippen LogP contribution >= 0.6 is 11.3 Å². The number of piperidine rings is 1. The standard InChI is InChI=1S/C24H28N4OS/c1-19-8-7-13-28(17-19)14-15-29-23-12-6-5-11-21(23)16-25-27-24-26-22(18-30-24)20-9-3-2-4-10-20/h2-6,9-12,16,18-19H,7-8,13-15,17H2,1H3,(H,26,27). The molecule has 0 amide bonds. The first-order chi connectivity index (χ1) is 14.8. The highest BCUT2D eigenvalue weighted by Crippen LogP contribution is 2.24. The Morgan fingerprint density at radius 2 is 2.03 bits per heavy atom. The summed E-state index contributed by atoms with van der Waals surface area (Å²) in [6.45, 7) is 6.35. The van der Waals surface area contributed by atoms with Gasteiger partial charge in [-0.15, -0.1) is 11.3 Å². The summed E-state index contributed by atoms with van der Waals surface area (Å²) in [5, 5.41) is 7.17. The molecule has 30 heavy (non-hydrogen) atoms. The first kappa shape index (κ1) is 20.6. The zero-order valence-corrected chi connectivity index (χ0v) is 18.1. The summed E-state index contributed by atoms with van der Waals surface area (Å²) >= 11 is 1.54. The van der Waals surface area contributed by atoms with E-state index in [2.05, 4.69) is 39.5 Å². The van der Waals surface area contributed by atoms with Crippen LogP contribution in [0.15, 0.2) is 65.1 Å². The van der Waals surface area contributed by atoms with Crippen molar-refractivity contribution in [2.75, 3.05) is 31.7 Å². The van der Waals surface area contributed by atoms with Crippen LogP contribution < -0.4 is 10.2 Å². The fourth-order valence-corrected chi connectivity index (χ4v) is 4.39. The van der Waals surface area contributed by atoms with E-state index in [0.29, 0.717) is 6.61 Å². The molecule has 2 aromatic carbocycles. The minimum absolute atomic E-state index is 0.692. The third-order valence-corrected chi connectivity index (χ3v) is 6.01. The van der Waals surface area contributed by atoms with E-state index in [4.69, 9.17) is 4.74 Å². The molecule has 1 fully saturated rings. The van der Waals surface area contributed by atoms with Gasteiger partial charge in [-0.3, -0.25) is 10.3 Å². The number of aromatic nitrogens is 1. The Morgan fingerprint density at radius 1 is 1.20 bits per heavy atom. The highest BCUT2D eigenvalue weighted by molar-refractivity contribution is 7.14. The molecular weight excluding hydrogens is 392 g/mol. The molecule has 0 aliphatic carbocycles. The third-order valence-electron chi connectivity index (χ3n) is 5.26. The average Bonchev–Trinajstić information content (AvgIpc) is 3.25. The van der Waals surface area contributed by atoms with E-state index in [-0.39, 0.29) is 0 Å². The van der Waals surface area contributed by atoms with Gasteiger partial charge in [-0.05, 0) is 37.4 Å². The highest BCUT2D eigenvalue weighted by atomic mass is 32.1. The number of hydrazone groups is 1. The predicted molar refractivity (Wildman–Crippen MR) is 126 cm³/mol. The molecule has 3 aromatic rings. The van der Waals surface area contributed by atoms with Crippen LogP contribution in [0.3, 0.4) is 0 Å². The molecule has 2 heterocycles. The van der Waals surface area contributed by atoms with Gasteiger partial charge in [0, 0.05) is 29.6 Å². The number of para-hydroxylation sites is 1. The van der Waals surface area contributed by atoms with Crippen molar-refractivity contribution in [1.82, 2.24) is 9.88 Å². The number of anilines is 1. The fraction of sp³-hybridized carbons (Fsp3) is 0.333. The van der Waals surface area contributed by atoms with Crippen molar-refractivity contribution in [2.45, 2.75) is 19.8 Å². The maximum atomic E-state index is 6.07. The van der Waals surface area contributed by atoms with Crippen LogP contribution in [0.25, 0.3) is 11.3 Å². The zero-order valence-electron chi connectivity index (χ0n) is 17.3. The van der Waals surface area contributed by atoms with Crippen molar-refractivity contribution in [1.29, 1.82) is 0 Å². The second-order valence-corrected chi connectivity index (χ2v) is 8.57. The van der Waals surface area contributed by atoms with Crippen LogP contribution in [0.1, 0.15) is 25.3 Å². The SMILES string of the molecule is CC1CCCN(CCOc2ccccc2C=NNc2nc(-c3ccccc3)cs2)C1. The summed E-state index contributed by atoms with van der Waals surface area (Å²) in [7, 11) is 0. The lowest BCUT2D eigenvalue weighted by Gasteiger charge is -2.30. The van der Waals surface area contributed by atoms with Gasteiger partial charge in [0.1, 0.15) is 12.4 Å². The molecule has 4 rings (SSSR count). The Labute approximate surface area is 182 Å². The molecule has 1 aliphatic rings. The Hall–Kier alpha value is -2.70. The maximum absolute atomic E-state index is 6.07. The number of hydrogen-bond donors (Lipinski definition) is 1. The molecule has 1 atom stereocenters. The summed E-state index contributed by atoms with van der Waals surface area (Å²) in [5.41, 5.74) is 6.05. The van der Waals surface area contributed by atoms with Gasteiger partial charge < -0.3 is 4.74 Å². The zero-order chi connectivity index (χ0) is 20.6. The van der Waals surface area contributed by atoms with Crippen molar-refractivity contribution in [3.05, 3.63) is 65.5 Å². The van der Waals surface area contributed by atoms with E-state index in [1.807, 2.05) is 47.8 Å². The molecular formula is C24H28N4OS. The van der Waals surface area contributed by atoms with Gasteiger partial charge in [0.25, 0.3) is 0 Å². The molecule has 156 valence electrons. The van der Waals surface area contributed by atoms with Crippen molar-refractivity contribution in [3.8, 4) is 17.0 Å². The molecule has 1 unspecified atom stereocenters. The van der Waals surface area contributed by atoms with E-state index in [1.54, 1.807) is 17.6 Å². The van der Waals surface area contributed by atoms with Crippen LogP contribution in [-0.4, -0.2) is 42.3 Å². The molecule has 1 aliphatic heterocycles. The van der Waals surface area contributed by atoms with E-state index in [1.165, 1.54) is 25.9 Å². The summed E-state index contributed by atoms with van der Waals surface area (Å²) in [6.07, 6.45) is 4.43. The molecule has 0 saturated carbocycles. The Kier molecular flexibility index (Phi) is 7.11. The highest BCUT2D eigenvalue weighted by Gasteiger charge is 2.15. The molecule has 0 spiro atoms. The lowest BCUT2D eigenvalue weighted by molar-refractivity contribution is 0.153. The predicted octanol–water partition coefficient (Wildman–Crippen LogP) is 5.37. The Balaban J connectivity index is 1.31. The summed E-state index contributed by atoms with van der Waals surface area (Å²) in [4.78, 5) is 7.10. The summed E-state index contributed by atoms with van der Waals surface area (Å²) < 4.78 is 6.07. The van der Waals surface area contributed by atoms with Crippen LogP contribution in [-0.2, 0) is 0 Å². The quantitative estimate of drug-likeness (QED) is 0.393. The van der Waals surface area contributed by atoms with Gasteiger partial charge in [0.15, 0.2) is 0 Å². The number of ether oxygens (including phenoxy) is 1. The number of thiazole rings is 1. The lowest BCUT2D eigenvalue weighted by Crippen LogP contribution is -2.37. The largest absolute Gasteiger partial charge is 0.492 e. The molecule has 6 heteroatoms. The van der Waals surface area contributed by atoms with E-state index in [9.17, 15) is 0 Å². The van der Waals surface area contributed by atoms with Crippen molar-refractivity contribution >= 4 is 22.7 Å². The van der Waals surface area contributed by atoms with Crippen LogP contribution in [0.5, 0.6) is 5.75 Å². The van der Waals surface area contributed by atoms with E-state index < -0.39 is 0 Å². The van der Waals surface area contributed by atoms with Crippen molar-refractivity contribution < 1.29 is 4.74 Å². The van der Waals surface area contributed by atoms with Crippen molar-refractivity contribution in [3.63, 3.8) is 0 Å². The van der Waals surface area contributed by atoms with Crippen LogP contribution in [0.4, 0.5) is 5.13 Å². The van der Waals surface area contributed by atoms with E-state index >= 15 is 0 Å². The van der Waals surface area contributed by atoms with Gasteiger partial charge in [0.2, 0.25) is 5.13 Å². The number of likely N-dealkylation sites (tertiary alicyclic amines) is 1. The summed E-state index contributed by atoms with van der Waals surface area (Å²) in [5.74, 6) is 1.65. The number of hydrogen-bond acceptors (Lipinski definition) is 6. The van der Waals surface area contributed by atoms with Gasteiger partial charge in [-0.2, -0.15) is 5.10 Å². The fourth-order valence-electron chi connectivity index (χ4n) is 3.72. The maximum Gasteiger partial charge on any atom is 0.203 e. The molecule has 0 radical (unpaired) electrons. The van der Waals surface area contributed by atoms with Gasteiger partial charge in [-0.1, -0.05) is 49.4 Å². The number of nitrogens with zero attached hydrogens (tertiary/aromatic N) is 3. The Morgan fingerprint density at radius 3 is 2.90 bits per heavy atom. The molecule has 1 aromatic heterocycles. The second kappa shape index (κ2) is 10.4. The third kappa shape index (κ3) is 5.68. The normalized spacial score (nSPS) is 17.3. The summed E-state index contributed by atoms with van der Waals surface area (Å²) in [6, 6.07) is 18.2. The number of nitrogens with one attached hydrogen (secondary N) is 1. The molecule has 5 nitrogen and oxygen atoms in total. The van der Waals surface area contributed by atoms with Crippen molar-refractivity contribution in [2.24, 2.45) is 11.0 Å². The lowest BCUT2D eigenvalue weighted by atomic mass is 10.0. The topological polar surface area (TPSA) is 49.8 Å². The minimum atomic E-state index is 0.692. The molecule has 1 N–H and O–H groups in total. The molecule has 1 saturated heterocycles. The van der Waals surface area contributed by atoms with Crippen LogP contribution in [0.2, 0.25) is 0 Å². The minimum Gasteiger partial charge on any atom is -0.492 e. The van der Waals surface area contributed by atoms with Gasteiger partial charge >= 0.3 is 0 Å². The van der Waals surface area contributed by atoms with Gasteiger partial charge in [0.05, 0.1) is 11.9 Å². The van der Waals surface area contributed by atoms with Crippen LogP contribution in [0, 0.1) is 5.92 Å². The average molecular weight is 421 g/mol.